The number of hydrogen-bond donors (Lipinski definition) is 0. The molecule has 1 aliphatic rings. The van der Waals surface area contributed by atoms with Crippen molar-refractivity contribution >= 4 is 29.1 Å². The molecule has 0 radical (unpaired) electrons. The van der Waals surface area contributed by atoms with Crippen LogP contribution in [0.4, 0.5) is 0 Å². The first-order chi connectivity index (χ1) is 13.7. The number of nitrogens with zero attached hydrogens (tertiary/aromatic N) is 1. The van der Waals surface area contributed by atoms with E-state index in [0.717, 1.165) is 17.1 Å². The summed E-state index contributed by atoms with van der Waals surface area (Å²) in [6, 6.07) is 16.9. The maximum absolute atomic E-state index is 13.0. The first kappa shape index (κ1) is 20.2. The first-order valence-corrected chi connectivity index (χ1v) is 10.0. The topological polar surface area (TPSA) is 55.8 Å². The molecule has 0 unspecified atom stereocenters. The van der Waals surface area contributed by atoms with E-state index < -0.39 is 0 Å². The lowest BCUT2D eigenvalue weighted by Gasteiger charge is -2.14. The molecule has 0 saturated carbocycles. The molecule has 0 fully saturated rings. The summed E-state index contributed by atoms with van der Waals surface area (Å²) in [5, 5.41) is 0. The number of ether oxygens (including phenoxy) is 2. The van der Waals surface area contributed by atoms with Crippen molar-refractivity contribution in [2.24, 2.45) is 0 Å². The molecule has 28 heavy (non-hydrogen) atoms. The van der Waals surface area contributed by atoms with E-state index in [1.54, 1.807) is 7.11 Å². The SMILES string of the molecule is CCCOc1ccc(C2=C(Sc3ccccc3)C(=O)N(CCOC)C2=O)cc1. The van der Waals surface area contributed by atoms with Crippen molar-refractivity contribution in [1.82, 2.24) is 4.90 Å². The third kappa shape index (κ3) is 4.46. The van der Waals surface area contributed by atoms with E-state index in [9.17, 15) is 9.59 Å². The van der Waals surface area contributed by atoms with Gasteiger partial charge in [0, 0.05) is 12.0 Å². The number of imide groups is 1. The number of amides is 2. The number of thioether (sulfide) groups is 1. The Morgan fingerprint density at radius 2 is 1.64 bits per heavy atom. The van der Waals surface area contributed by atoms with Gasteiger partial charge in [0.05, 0.1) is 30.2 Å². The molecule has 0 saturated heterocycles. The van der Waals surface area contributed by atoms with E-state index >= 15 is 0 Å². The van der Waals surface area contributed by atoms with Crippen LogP contribution in [0.3, 0.4) is 0 Å². The van der Waals surface area contributed by atoms with Crippen LogP contribution in [0.25, 0.3) is 5.57 Å². The first-order valence-electron chi connectivity index (χ1n) is 9.21. The summed E-state index contributed by atoms with van der Waals surface area (Å²) in [5.41, 5.74) is 1.14. The highest BCUT2D eigenvalue weighted by molar-refractivity contribution is 8.04. The Labute approximate surface area is 169 Å². The van der Waals surface area contributed by atoms with Crippen molar-refractivity contribution in [3.8, 4) is 5.75 Å². The molecule has 5 nitrogen and oxygen atoms in total. The van der Waals surface area contributed by atoms with Gasteiger partial charge in [0.25, 0.3) is 11.8 Å². The second-order valence-corrected chi connectivity index (χ2v) is 7.33. The quantitative estimate of drug-likeness (QED) is 0.599. The molecule has 0 N–H and O–H groups in total. The second-order valence-electron chi connectivity index (χ2n) is 6.25. The summed E-state index contributed by atoms with van der Waals surface area (Å²) in [6.07, 6.45) is 0.923. The molecule has 6 heteroatoms. The van der Waals surface area contributed by atoms with Crippen LogP contribution in [0.1, 0.15) is 18.9 Å². The van der Waals surface area contributed by atoms with Gasteiger partial charge < -0.3 is 9.47 Å². The van der Waals surface area contributed by atoms with Gasteiger partial charge in [0.1, 0.15) is 5.75 Å². The molecule has 0 aromatic heterocycles. The molecule has 3 rings (SSSR count). The van der Waals surface area contributed by atoms with Crippen molar-refractivity contribution in [2.45, 2.75) is 18.2 Å². The van der Waals surface area contributed by atoms with Gasteiger partial charge in [0.15, 0.2) is 0 Å². The van der Waals surface area contributed by atoms with Gasteiger partial charge in [0.2, 0.25) is 0 Å². The van der Waals surface area contributed by atoms with Gasteiger partial charge in [-0.15, -0.1) is 0 Å². The fourth-order valence-electron chi connectivity index (χ4n) is 2.83. The number of carbonyl (C=O) groups is 2. The number of rotatable bonds is 9. The lowest BCUT2D eigenvalue weighted by atomic mass is 10.1. The Kier molecular flexibility index (Phi) is 6.90. The summed E-state index contributed by atoms with van der Waals surface area (Å²) < 4.78 is 10.7. The minimum atomic E-state index is -0.289. The molecule has 2 aromatic rings. The van der Waals surface area contributed by atoms with Crippen LogP contribution in [-0.2, 0) is 14.3 Å². The molecule has 1 aliphatic heterocycles. The van der Waals surface area contributed by atoms with Crippen molar-refractivity contribution in [3.05, 3.63) is 65.1 Å². The van der Waals surface area contributed by atoms with Crippen molar-refractivity contribution in [1.29, 1.82) is 0 Å². The van der Waals surface area contributed by atoms with Gasteiger partial charge in [-0.25, -0.2) is 0 Å². The summed E-state index contributed by atoms with van der Waals surface area (Å²) in [4.78, 5) is 28.6. The lowest BCUT2D eigenvalue weighted by molar-refractivity contribution is -0.137. The third-order valence-electron chi connectivity index (χ3n) is 4.22. The zero-order valence-corrected chi connectivity index (χ0v) is 16.8. The van der Waals surface area contributed by atoms with Gasteiger partial charge in [-0.1, -0.05) is 49.0 Å². The highest BCUT2D eigenvalue weighted by Crippen LogP contribution is 2.39. The summed E-state index contributed by atoms with van der Waals surface area (Å²) in [5.74, 6) is 0.177. The zero-order valence-electron chi connectivity index (χ0n) is 16.0. The lowest BCUT2D eigenvalue weighted by Crippen LogP contribution is -2.34. The predicted molar refractivity (Wildman–Crippen MR) is 110 cm³/mol. The minimum absolute atomic E-state index is 0.230. The van der Waals surface area contributed by atoms with Crippen molar-refractivity contribution in [3.63, 3.8) is 0 Å². The normalized spacial score (nSPS) is 14.1. The molecule has 2 aromatic carbocycles. The average Bonchev–Trinajstić information content (AvgIpc) is 2.95. The fourth-order valence-corrected chi connectivity index (χ4v) is 3.87. The largest absolute Gasteiger partial charge is 0.494 e. The molecule has 146 valence electrons. The molecule has 0 atom stereocenters. The molecule has 2 amide bonds. The van der Waals surface area contributed by atoms with E-state index in [1.165, 1.54) is 16.7 Å². The number of methoxy groups -OCH3 is 1. The molecular formula is C22H23NO4S. The van der Waals surface area contributed by atoms with Gasteiger partial charge in [-0.3, -0.25) is 14.5 Å². The number of hydrogen-bond acceptors (Lipinski definition) is 5. The van der Waals surface area contributed by atoms with Gasteiger partial charge in [-0.2, -0.15) is 0 Å². The predicted octanol–water partition coefficient (Wildman–Crippen LogP) is 3.99. The van der Waals surface area contributed by atoms with Crippen LogP contribution in [0.15, 0.2) is 64.4 Å². The molecular weight excluding hydrogens is 374 g/mol. The maximum Gasteiger partial charge on any atom is 0.268 e. The van der Waals surface area contributed by atoms with Gasteiger partial charge in [-0.05, 0) is 36.2 Å². The maximum atomic E-state index is 13.0. The Morgan fingerprint density at radius 3 is 2.29 bits per heavy atom. The minimum Gasteiger partial charge on any atom is -0.494 e. The van der Waals surface area contributed by atoms with E-state index in [2.05, 4.69) is 0 Å². The van der Waals surface area contributed by atoms with Crippen LogP contribution in [0.2, 0.25) is 0 Å². The standard InChI is InChI=1S/C22H23NO4S/c1-3-14-27-17-11-9-16(10-12-17)19-20(28-18-7-5-4-6-8-18)22(25)23(21(19)24)13-15-26-2/h4-12H,3,13-15H2,1-2H3. The van der Waals surface area contributed by atoms with Crippen LogP contribution in [0.5, 0.6) is 5.75 Å². The Bertz CT molecular complexity index is 862. The third-order valence-corrected chi connectivity index (χ3v) is 5.31. The zero-order chi connectivity index (χ0) is 19.9. The fraction of sp³-hybridized carbons (Fsp3) is 0.273. The Hall–Kier alpha value is -2.57. The van der Waals surface area contributed by atoms with E-state index in [0.29, 0.717) is 29.3 Å². The molecule has 0 aliphatic carbocycles. The van der Waals surface area contributed by atoms with E-state index in [1.807, 2.05) is 61.5 Å². The van der Waals surface area contributed by atoms with Crippen molar-refractivity contribution < 1.29 is 19.1 Å². The van der Waals surface area contributed by atoms with Crippen LogP contribution in [-0.4, -0.2) is 43.6 Å². The summed E-state index contributed by atoms with van der Waals surface area (Å²) in [6.45, 7) is 3.22. The Morgan fingerprint density at radius 1 is 0.929 bits per heavy atom. The highest BCUT2D eigenvalue weighted by atomic mass is 32.2. The van der Waals surface area contributed by atoms with E-state index in [-0.39, 0.29) is 18.4 Å². The smallest absolute Gasteiger partial charge is 0.268 e. The molecule has 0 spiro atoms. The Balaban J connectivity index is 1.95. The van der Waals surface area contributed by atoms with E-state index in [4.69, 9.17) is 9.47 Å². The number of carbonyl (C=O) groups excluding carboxylic acids is 2. The van der Waals surface area contributed by atoms with Crippen LogP contribution >= 0.6 is 11.8 Å². The number of benzene rings is 2. The molecule has 0 bridgehead atoms. The summed E-state index contributed by atoms with van der Waals surface area (Å²) >= 11 is 1.32. The van der Waals surface area contributed by atoms with Crippen LogP contribution < -0.4 is 4.74 Å². The summed E-state index contributed by atoms with van der Waals surface area (Å²) in [7, 11) is 1.55. The molecule has 1 heterocycles. The van der Waals surface area contributed by atoms with Gasteiger partial charge >= 0.3 is 0 Å². The van der Waals surface area contributed by atoms with Crippen molar-refractivity contribution in [2.75, 3.05) is 26.9 Å². The van der Waals surface area contributed by atoms with Crippen LogP contribution in [0, 0.1) is 0 Å². The monoisotopic (exact) mass is 397 g/mol. The average molecular weight is 397 g/mol. The second kappa shape index (κ2) is 9.57. The highest BCUT2D eigenvalue weighted by Gasteiger charge is 2.39.